The highest BCUT2D eigenvalue weighted by Crippen LogP contribution is 2.22. The Balaban J connectivity index is 1.67. The summed E-state index contributed by atoms with van der Waals surface area (Å²) < 4.78 is 0. The molecule has 1 aromatic heterocycles. The van der Waals surface area contributed by atoms with E-state index in [0.29, 0.717) is 19.4 Å². The fraction of sp³-hybridized carbons (Fsp3) is 0.548. The second-order valence-electron chi connectivity index (χ2n) is 12.3. The topological polar surface area (TPSA) is 182 Å². The molecule has 0 unspecified atom stereocenters. The van der Waals surface area contributed by atoms with Crippen molar-refractivity contribution in [2.75, 3.05) is 13.1 Å². The summed E-state index contributed by atoms with van der Waals surface area (Å²) in [4.78, 5) is 84.7. The Morgan fingerprint density at radius 3 is 2.20 bits per heavy atom. The van der Waals surface area contributed by atoms with Gasteiger partial charge in [-0.3, -0.25) is 28.8 Å². The van der Waals surface area contributed by atoms with Gasteiger partial charge in [0, 0.05) is 30.1 Å². The monoisotopic (exact) mass is 609 g/mol. The molecule has 0 radical (unpaired) electrons. The van der Waals surface area contributed by atoms with E-state index in [1.165, 1.54) is 11.8 Å². The number of fused-ring (bicyclic) bond motifs is 2. The first-order valence-electron chi connectivity index (χ1n) is 15.2. The van der Waals surface area contributed by atoms with Crippen LogP contribution < -0.4 is 26.6 Å². The Bertz CT molecular complexity index is 1420. The summed E-state index contributed by atoms with van der Waals surface area (Å²) in [6, 6.07) is 2.70. The molecule has 3 heterocycles. The average Bonchev–Trinajstić information content (AvgIpc) is 3.63. The smallest absolute Gasteiger partial charge is 0.246 e. The number of H-pyrrole nitrogens is 1. The second kappa shape index (κ2) is 13.9. The highest BCUT2D eigenvalue weighted by Gasteiger charge is 2.41. The minimum Gasteiger partial charge on any atom is -0.361 e. The number of hydrogen-bond acceptors (Lipinski definition) is 6. The predicted molar refractivity (Wildman–Crippen MR) is 163 cm³/mol. The Morgan fingerprint density at radius 2 is 1.50 bits per heavy atom. The van der Waals surface area contributed by atoms with Crippen molar-refractivity contribution in [3.05, 3.63) is 36.0 Å². The van der Waals surface area contributed by atoms with Gasteiger partial charge in [-0.1, -0.05) is 45.9 Å². The summed E-state index contributed by atoms with van der Waals surface area (Å²) in [6.07, 6.45) is 2.87. The zero-order chi connectivity index (χ0) is 32.1. The minimum absolute atomic E-state index is 0.114. The Kier molecular flexibility index (Phi) is 10.3. The van der Waals surface area contributed by atoms with Crippen LogP contribution in [0.3, 0.4) is 0 Å². The molecule has 238 valence electrons. The van der Waals surface area contributed by atoms with E-state index in [9.17, 15) is 28.8 Å². The average molecular weight is 610 g/mol. The normalized spacial score (nSPS) is 26.4. The first kappa shape index (κ1) is 32.5. The van der Waals surface area contributed by atoms with Crippen LogP contribution >= 0.6 is 0 Å². The number of hydrogen-bond donors (Lipinski definition) is 6. The summed E-state index contributed by atoms with van der Waals surface area (Å²) in [6.45, 7) is 8.49. The standard InChI is InChI=1S/C31H43N7O6/c1-16(2)25-30(43)33-15-24(39)34-18(5)27(40)35-22(13-19-14-32-21-10-7-6-9-20(19)21)28(41)37-26(17(3)4)31(44)38-12-8-11-23(38)29(42)36-25/h6-7,9-10,14,16-18,22-23,25-26,32H,8,11-13,15H2,1-5H3,(H,33,43)(H,34,39)(H,35,40)(H,36,42)(H,37,41)/t18-,22+,23-,25-,26-/m1/s1. The lowest BCUT2D eigenvalue weighted by atomic mass is 9.99. The molecule has 0 aliphatic carbocycles. The largest absolute Gasteiger partial charge is 0.361 e. The molecule has 13 nitrogen and oxygen atoms in total. The van der Waals surface area contributed by atoms with Crippen LogP contribution in [0, 0.1) is 11.8 Å². The lowest BCUT2D eigenvalue weighted by Crippen LogP contribution is -2.61. The number of rotatable bonds is 4. The molecule has 5 atom stereocenters. The van der Waals surface area contributed by atoms with Crippen LogP contribution in [0.4, 0.5) is 0 Å². The van der Waals surface area contributed by atoms with Crippen LogP contribution in [0.15, 0.2) is 30.5 Å². The van der Waals surface area contributed by atoms with Crippen molar-refractivity contribution in [3.8, 4) is 0 Å². The molecule has 6 N–H and O–H groups in total. The molecule has 2 aliphatic heterocycles. The molecule has 0 spiro atoms. The number of nitrogens with one attached hydrogen (secondary N) is 6. The number of carbonyl (C=O) groups is 6. The van der Waals surface area contributed by atoms with Crippen molar-refractivity contribution in [1.29, 1.82) is 0 Å². The van der Waals surface area contributed by atoms with Crippen LogP contribution in [-0.2, 0) is 35.2 Å². The van der Waals surface area contributed by atoms with Gasteiger partial charge in [-0.2, -0.15) is 0 Å². The maximum Gasteiger partial charge on any atom is 0.246 e. The number of amides is 6. The number of para-hydroxylation sites is 1. The summed E-state index contributed by atoms with van der Waals surface area (Å²) in [5.41, 5.74) is 1.65. The molecule has 2 aromatic rings. The van der Waals surface area contributed by atoms with Crippen molar-refractivity contribution in [3.63, 3.8) is 0 Å². The minimum atomic E-state index is -1.09. The van der Waals surface area contributed by atoms with Gasteiger partial charge in [-0.25, -0.2) is 0 Å². The molecule has 13 heteroatoms. The molecule has 0 saturated carbocycles. The molecular formula is C31H43N7O6. The molecule has 6 amide bonds. The van der Waals surface area contributed by atoms with Gasteiger partial charge in [0.2, 0.25) is 35.4 Å². The molecule has 2 fully saturated rings. The third-order valence-electron chi connectivity index (χ3n) is 8.24. The zero-order valence-corrected chi connectivity index (χ0v) is 25.9. The van der Waals surface area contributed by atoms with E-state index in [1.54, 1.807) is 33.9 Å². The van der Waals surface area contributed by atoms with Crippen LogP contribution in [0.25, 0.3) is 10.9 Å². The third kappa shape index (κ3) is 7.37. The maximum absolute atomic E-state index is 13.9. The van der Waals surface area contributed by atoms with Crippen molar-refractivity contribution >= 4 is 46.3 Å². The van der Waals surface area contributed by atoms with Gasteiger partial charge in [0.05, 0.1) is 6.54 Å². The zero-order valence-electron chi connectivity index (χ0n) is 25.9. The first-order valence-corrected chi connectivity index (χ1v) is 15.2. The number of nitrogens with zero attached hydrogens (tertiary/aromatic N) is 1. The van der Waals surface area contributed by atoms with E-state index in [4.69, 9.17) is 0 Å². The Labute approximate surface area is 256 Å². The first-order chi connectivity index (χ1) is 20.9. The van der Waals surface area contributed by atoms with Crippen LogP contribution in [-0.4, -0.2) is 88.6 Å². The van der Waals surface area contributed by atoms with Gasteiger partial charge in [-0.05, 0) is 43.2 Å². The summed E-state index contributed by atoms with van der Waals surface area (Å²) in [5.74, 6) is -3.85. The molecule has 4 rings (SSSR count). The van der Waals surface area contributed by atoms with Crippen LogP contribution in [0.5, 0.6) is 0 Å². The molecule has 2 aliphatic rings. The van der Waals surface area contributed by atoms with Crippen molar-refractivity contribution in [2.45, 2.75) is 84.1 Å². The number of benzene rings is 1. The SMILES string of the molecule is CC(C)[C@H]1NC(=O)[C@H]2CCCN2C(=O)[C@@H](C(C)C)NC(=O)[C@H](Cc2c[nH]c3ccccc23)NC(=O)[C@@H](C)NC(=O)CNC1=O. The lowest BCUT2D eigenvalue weighted by molar-refractivity contribution is -0.143. The van der Waals surface area contributed by atoms with E-state index in [2.05, 4.69) is 31.6 Å². The van der Waals surface area contributed by atoms with E-state index in [-0.39, 0.29) is 18.3 Å². The fourth-order valence-corrected chi connectivity index (χ4v) is 5.70. The van der Waals surface area contributed by atoms with Crippen molar-refractivity contribution in [2.24, 2.45) is 11.8 Å². The number of aromatic nitrogens is 1. The summed E-state index contributed by atoms with van der Waals surface area (Å²) in [5, 5.41) is 14.3. The fourth-order valence-electron chi connectivity index (χ4n) is 5.70. The highest BCUT2D eigenvalue weighted by molar-refractivity contribution is 5.98. The van der Waals surface area contributed by atoms with Gasteiger partial charge in [0.1, 0.15) is 30.2 Å². The van der Waals surface area contributed by atoms with Gasteiger partial charge in [0.15, 0.2) is 0 Å². The van der Waals surface area contributed by atoms with E-state index < -0.39 is 72.2 Å². The number of aromatic amines is 1. The van der Waals surface area contributed by atoms with Crippen LogP contribution in [0.2, 0.25) is 0 Å². The van der Waals surface area contributed by atoms with E-state index in [1.807, 2.05) is 24.3 Å². The van der Waals surface area contributed by atoms with Gasteiger partial charge in [-0.15, -0.1) is 0 Å². The third-order valence-corrected chi connectivity index (χ3v) is 8.24. The molecule has 44 heavy (non-hydrogen) atoms. The predicted octanol–water partition coefficient (Wildman–Crippen LogP) is 0.102. The second-order valence-corrected chi connectivity index (χ2v) is 12.3. The number of carbonyl (C=O) groups excluding carboxylic acids is 6. The van der Waals surface area contributed by atoms with Gasteiger partial charge in [0.25, 0.3) is 0 Å². The lowest BCUT2D eigenvalue weighted by Gasteiger charge is -2.32. The quantitative estimate of drug-likeness (QED) is 0.286. The molecular weight excluding hydrogens is 566 g/mol. The van der Waals surface area contributed by atoms with Crippen LogP contribution in [0.1, 0.15) is 53.0 Å². The summed E-state index contributed by atoms with van der Waals surface area (Å²) in [7, 11) is 0. The molecule has 2 saturated heterocycles. The maximum atomic E-state index is 13.9. The Morgan fingerprint density at radius 1 is 0.818 bits per heavy atom. The summed E-state index contributed by atoms with van der Waals surface area (Å²) >= 11 is 0. The van der Waals surface area contributed by atoms with E-state index >= 15 is 0 Å². The van der Waals surface area contributed by atoms with Gasteiger partial charge >= 0.3 is 0 Å². The van der Waals surface area contributed by atoms with E-state index in [0.717, 1.165) is 16.5 Å². The van der Waals surface area contributed by atoms with Gasteiger partial charge < -0.3 is 36.5 Å². The molecule has 1 aromatic carbocycles. The highest BCUT2D eigenvalue weighted by atomic mass is 16.2. The molecule has 0 bridgehead atoms. The van der Waals surface area contributed by atoms with Crippen molar-refractivity contribution in [1.82, 2.24) is 36.5 Å². The Hall–Kier alpha value is -4.42. The van der Waals surface area contributed by atoms with Crippen molar-refractivity contribution < 1.29 is 28.8 Å².